The maximum atomic E-state index is 13.8. The van der Waals surface area contributed by atoms with Gasteiger partial charge in [0.15, 0.2) is 5.65 Å². The van der Waals surface area contributed by atoms with E-state index in [4.69, 9.17) is 16.3 Å². The zero-order valence-electron chi connectivity index (χ0n) is 15.6. The number of hydrogen-bond acceptors (Lipinski definition) is 4. The molecule has 29 heavy (non-hydrogen) atoms. The van der Waals surface area contributed by atoms with Crippen LogP contribution in [0.1, 0.15) is 16.1 Å². The van der Waals surface area contributed by atoms with Gasteiger partial charge in [-0.15, -0.1) is 0 Å². The second-order valence-corrected chi connectivity index (χ2v) is 6.70. The predicted molar refractivity (Wildman–Crippen MR) is 110 cm³/mol. The van der Waals surface area contributed by atoms with Crippen molar-refractivity contribution in [1.82, 2.24) is 14.8 Å². The third-order valence-electron chi connectivity index (χ3n) is 4.47. The molecule has 0 spiro atoms. The Morgan fingerprint density at radius 3 is 2.76 bits per heavy atom. The van der Waals surface area contributed by atoms with Gasteiger partial charge in [-0.05, 0) is 31.2 Å². The first-order valence-corrected chi connectivity index (χ1v) is 9.11. The van der Waals surface area contributed by atoms with E-state index in [0.29, 0.717) is 22.5 Å². The Morgan fingerprint density at radius 1 is 1.21 bits per heavy atom. The van der Waals surface area contributed by atoms with Crippen molar-refractivity contribution < 1.29 is 13.9 Å². The van der Waals surface area contributed by atoms with Crippen LogP contribution in [0.3, 0.4) is 0 Å². The minimum atomic E-state index is -0.553. The van der Waals surface area contributed by atoms with E-state index >= 15 is 0 Å². The third-order valence-corrected chi connectivity index (χ3v) is 4.87. The van der Waals surface area contributed by atoms with E-state index in [2.05, 4.69) is 15.4 Å². The minimum Gasteiger partial charge on any atom is -0.497 e. The van der Waals surface area contributed by atoms with Gasteiger partial charge in [0.25, 0.3) is 5.91 Å². The van der Waals surface area contributed by atoms with Crippen molar-refractivity contribution in [2.24, 2.45) is 0 Å². The van der Waals surface area contributed by atoms with Gasteiger partial charge in [0.05, 0.1) is 40.2 Å². The first-order chi connectivity index (χ1) is 14.0. The van der Waals surface area contributed by atoms with E-state index in [0.717, 1.165) is 5.69 Å². The van der Waals surface area contributed by atoms with Crippen LogP contribution in [-0.2, 0) is 0 Å². The number of ether oxygens (including phenoxy) is 1. The molecule has 6 nitrogen and oxygen atoms in total. The maximum Gasteiger partial charge on any atom is 0.258 e. The molecule has 0 aliphatic rings. The zero-order chi connectivity index (χ0) is 20.5. The fourth-order valence-electron chi connectivity index (χ4n) is 3.04. The largest absolute Gasteiger partial charge is 0.497 e. The molecule has 2 heterocycles. The van der Waals surface area contributed by atoms with Crippen molar-refractivity contribution >= 4 is 34.2 Å². The Hall–Kier alpha value is -3.45. The molecule has 2 aromatic heterocycles. The maximum absolute atomic E-state index is 13.8. The number of para-hydroxylation sites is 1. The van der Waals surface area contributed by atoms with E-state index in [-0.39, 0.29) is 16.3 Å². The number of aromatic nitrogens is 3. The second-order valence-electron chi connectivity index (χ2n) is 6.32. The number of aryl methyl sites for hydroxylation is 1. The Balaban J connectivity index is 1.77. The molecule has 0 aliphatic heterocycles. The Kier molecular flexibility index (Phi) is 4.90. The van der Waals surface area contributed by atoms with Gasteiger partial charge >= 0.3 is 0 Å². The molecule has 4 rings (SSSR count). The SMILES string of the molecule is COc1cccc(-n2nc(C)c3c(Cl)c(C(=O)Nc4ccccc4F)cnc32)c1. The van der Waals surface area contributed by atoms with Crippen LogP contribution < -0.4 is 10.1 Å². The van der Waals surface area contributed by atoms with E-state index in [9.17, 15) is 9.18 Å². The average molecular weight is 411 g/mol. The molecule has 0 bridgehead atoms. The molecule has 0 radical (unpaired) electrons. The normalized spacial score (nSPS) is 10.9. The quantitative estimate of drug-likeness (QED) is 0.525. The van der Waals surface area contributed by atoms with Crippen LogP contribution in [0.5, 0.6) is 5.75 Å². The molecule has 0 saturated carbocycles. The molecule has 2 aromatic carbocycles. The number of carbonyl (C=O) groups excluding carboxylic acids is 1. The Labute approximate surface area is 170 Å². The molecule has 0 aliphatic carbocycles. The lowest BCUT2D eigenvalue weighted by molar-refractivity contribution is 0.102. The standard InChI is InChI=1S/C21H16ClFN4O2/c1-12-18-19(22)15(21(28)25-17-9-4-3-8-16(17)23)11-24-20(18)27(26-12)13-6-5-7-14(10-13)29-2/h3-11H,1-2H3,(H,25,28). The Morgan fingerprint density at radius 2 is 2.00 bits per heavy atom. The smallest absolute Gasteiger partial charge is 0.258 e. The summed E-state index contributed by atoms with van der Waals surface area (Å²) in [7, 11) is 1.58. The monoisotopic (exact) mass is 410 g/mol. The van der Waals surface area contributed by atoms with Crippen LogP contribution in [0.4, 0.5) is 10.1 Å². The number of carbonyl (C=O) groups is 1. The summed E-state index contributed by atoms with van der Waals surface area (Å²) in [5, 5.41) is 7.80. The minimum absolute atomic E-state index is 0.0671. The first kappa shape index (κ1) is 18.9. The summed E-state index contributed by atoms with van der Waals surface area (Å²) in [6.45, 7) is 1.78. The van der Waals surface area contributed by atoms with Gasteiger partial charge in [-0.25, -0.2) is 14.1 Å². The molecule has 0 saturated heterocycles. The number of anilines is 1. The molecule has 0 fully saturated rings. The number of fused-ring (bicyclic) bond motifs is 1. The molecule has 1 N–H and O–H groups in total. The highest BCUT2D eigenvalue weighted by Gasteiger charge is 2.20. The summed E-state index contributed by atoms with van der Waals surface area (Å²) >= 11 is 6.53. The van der Waals surface area contributed by atoms with Crippen LogP contribution in [0.25, 0.3) is 16.7 Å². The fraction of sp³-hybridized carbons (Fsp3) is 0.0952. The second kappa shape index (κ2) is 7.52. The number of rotatable bonds is 4. The predicted octanol–water partition coefficient (Wildman–Crippen LogP) is 4.78. The van der Waals surface area contributed by atoms with Crippen molar-refractivity contribution in [3.05, 3.63) is 76.8 Å². The average Bonchev–Trinajstić information content (AvgIpc) is 3.07. The van der Waals surface area contributed by atoms with Crippen molar-refractivity contribution in [1.29, 1.82) is 0 Å². The van der Waals surface area contributed by atoms with Gasteiger partial charge < -0.3 is 10.1 Å². The van der Waals surface area contributed by atoms with Crippen molar-refractivity contribution in [2.45, 2.75) is 6.92 Å². The van der Waals surface area contributed by atoms with Crippen molar-refractivity contribution in [2.75, 3.05) is 12.4 Å². The molecule has 8 heteroatoms. The van der Waals surface area contributed by atoms with Gasteiger partial charge in [0.1, 0.15) is 11.6 Å². The lowest BCUT2D eigenvalue weighted by Crippen LogP contribution is -2.14. The number of nitrogens with zero attached hydrogens (tertiary/aromatic N) is 3. The summed E-state index contributed by atoms with van der Waals surface area (Å²) in [6, 6.07) is 13.3. The number of hydrogen-bond donors (Lipinski definition) is 1. The van der Waals surface area contributed by atoms with Gasteiger partial charge in [-0.3, -0.25) is 4.79 Å². The highest BCUT2D eigenvalue weighted by molar-refractivity contribution is 6.39. The molecule has 4 aromatic rings. The number of amides is 1. The molecule has 0 atom stereocenters. The van der Waals surface area contributed by atoms with Crippen LogP contribution in [-0.4, -0.2) is 27.8 Å². The molecule has 146 valence electrons. The number of halogens is 2. The summed E-state index contributed by atoms with van der Waals surface area (Å²) in [6.07, 6.45) is 1.36. The fourth-order valence-corrected chi connectivity index (χ4v) is 3.40. The van der Waals surface area contributed by atoms with Crippen LogP contribution in [0.15, 0.2) is 54.7 Å². The first-order valence-electron chi connectivity index (χ1n) is 8.73. The van der Waals surface area contributed by atoms with E-state index < -0.39 is 11.7 Å². The van der Waals surface area contributed by atoms with Crippen LogP contribution >= 0.6 is 11.6 Å². The lowest BCUT2D eigenvalue weighted by Gasteiger charge is -2.09. The summed E-state index contributed by atoms with van der Waals surface area (Å²) in [4.78, 5) is 17.1. The highest BCUT2D eigenvalue weighted by Crippen LogP contribution is 2.31. The Bertz CT molecular complexity index is 1240. The van der Waals surface area contributed by atoms with Gasteiger partial charge in [0.2, 0.25) is 0 Å². The highest BCUT2D eigenvalue weighted by atomic mass is 35.5. The van der Waals surface area contributed by atoms with E-state index in [1.54, 1.807) is 30.8 Å². The number of pyridine rings is 1. The van der Waals surface area contributed by atoms with Crippen LogP contribution in [0, 0.1) is 12.7 Å². The van der Waals surface area contributed by atoms with Gasteiger partial charge in [0, 0.05) is 12.3 Å². The topological polar surface area (TPSA) is 69.0 Å². The van der Waals surface area contributed by atoms with E-state index in [1.807, 2.05) is 24.3 Å². The van der Waals surface area contributed by atoms with Crippen molar-refractivity contribution in [3.8, 4) is 11.4 Å². The summed E-state index contributed by atoms with van der Waals surface area (Å²) in [5.74, 6) is -0.410. The van der Waals surface area contributed by atoms with Gasteiger partial charge in [-0.1, -0.05) is 29.8 Å². The lowest BCUT2D eigenvalue weighted by atomic mass is 10.2. The number of methoxy groups -OCH3 is 1. The number of benzene rings is 2. The molecule has 0 unspecified atom stereocenters. The molecular formula is C21H16ClFN4O2. The summed E-state index contributed by atoms with van der Waals surface area (Å²) < 4.78 is 20.8. The molecule has 1 amide bonds. The summed E-state index contributed by atoms with van der Waals surface area (Å²) in [5.41, 5.74) is 2.06. The van der Waals surface area contributed by atoms with Gasteiger partial charge in [-0.2, -0.15) is 5.10 Å². The zero-order valence-corrected chi connectivity index (χ0v) is 16.4. The number of nitrogens with one attached hydrogen (secondary N) is 1. The molecular weight excluding hydrogens is 395 g/mol. The third kappa shape index (κ3) is 3.40. The van der Waals surface area contributed by atoms with Crippen molar-refractivity contribution in [3.63, 3.8) is 0 Å². The van der Waals surface area contributed by atoms with E-state index in [1.165, 1.54) is 18.3 Å². The van der Waals surface area contributed by atoms with Crippen LogP contribution in [0.2, 0.25) is 5.02 Å².